The molecule has 0 saturated heterocycles. The van der Waals surface area contributed by atoms with E-state index in [1.165, 1.54) is 16.7 Å². The van der Waals surface area contributed by atoms with Gasteiger partial charge in [0.1, 0.15) is 5.01 Å². The van der Waals surface area contributed by atoms with Crippen LogP contribution < -0.4 is 0 Å². The van der Waals surface area contributed by atoms with Gasteiger partial charge in [0.15, 0.2) is 5.69 Å². The van der Waals surface area contributed by atoms with E-state index in [1.807, 2.05) is 24.3 Å². The summed E-state index contributed by atoms with van der Waals surface area (Å²) < 4.78 is 0. The highest BCUT2D eigenvalue weighted by Crippen LogP contribution is 2.24. The number of carbonyl (C=O) groups is 1. The lowest BCUT2D eigenvalue weighted by atomic mass is 10.2. The third-order valence-corrected chi connectivity index (χ3v) is 4.12. The van der Waals surface area contributed by atoms with Gasteiger partial charge in [-0.25, -0.2) is 9.78 Å². The molecule has 1 N–H and O–H groups in total. The van der Waals surface area contributed by atoms with Crippen LogP contribution in [0.1, 0.15) is 16.1 Å². The molecular formula is C13H10N2O2S2. The first kappa shape index (κ1) is 13.6. The van der Waals surface area contributed by atoms with Gasteiger partial charge in [0.2, 0.25) is 0 Å². The fraction of sp³-hybridized carbons (Fsp3) is 0.154. The molecule has 0 fully saturated rings. The van der Waals surface area contributed by atoms with Gasteiger partial charge < -0.3 is 5.11 Å². The van der Waals surface area contributed by atoms with Crippen molar-refractivity contribution in [2.75, 3.05) is 5.75 Å². The second kappa shape index (κ2) is 6.36. The van der Waals surface area contributed by atoms with Crippen molar-refractivity contribution in [3.8, 4) is 16.6 Å². The van der Waals surface area contributed by atoms with Crippen LogP contribution in [0.2, 0.25) is 0 Å². The molecule has 19 heavy (non-hydrogen) atoms. The minimum Gasteiger partial charge on any atom is -0.476 e. The summed E-state index contributed by atoms with van der Waals surface area (Å²) in [6, 6.07) is 9.88. The number of carboxylic acids is 1. The standard InChI is InChI=1S/C13H10N2O2S2/c14-5-6-18-7-9-1-3-10(4-2-9)12-15-11(8-19-12)13(16)17/h1-4,8H,6-7H2,(H,16,17). The Labute approximate surface area is 118 Å². The molecule has 0 spiro atoms. The molecule has 1 heterocycles. The Morgan fingerprint density at radius 2 is 2.16 bits per heavy atom. The van der Waals surface area contributed by atoms with Gasteiger partial charge in [-0.15, -0.1) is 23.1 Å². The second-order valence-corrected chi connectivity index (χ2v) is 5.53. The highest BCUT2D eigenvalue weighted by atomic mass is 32.2. The number of carboxylic acid groups (broad SMARTS) is 1. The number of nitriles is 1. The third kappa shape index (κ3) is 3.56. The second-order valence-electron chi connectivity index (χ2n) is 3.69. The minimum absolute atomic E-state index is 0.0775. The lowest BCUT2D eigenvalue weighted by Crippen LogP contribution is -1.95. The van der Waals surface area contributed by atoms with Crippen LogP contribution in [0.3, 0.4) is 0 Å². The van der Waals surface area contributed by atoms with Gasteiger partial charge in [-0.2, -0.15) is 5.26 Å². The molecular weight excluding hydrogens is 280 g/mol. The number of rotatable bonds is 5. The SMILES string of the molecule is N#CCSCc1ccc(-c2nc(C(=O)O)cs2)cc1. The molecule has 0 amide bonds. The van der Waals surface area contributed by atoms with Gasteiger partial charge in [0, 0.05) is 16.7 Å². The Kier molecular flexibility index (Phi) is 4.55. The van der Waals surface area contributed by atoms with Crippen molar-refractivity contribution in [3.63, 3.8) is 0 Å². The number of thioether (sulfide) groups is 1. The monoisotopic (exact) mass is 290 g/mol. The van der Waals surface area contributed by atoms with Crippen LogP contribution in [-0.4, -0.2) is 21.8 Å². The highest BCUT2D eigenvalue weighted by molar-refractivity contribution is 7.98. The smallest absolute Gasteiger partial charge is 0.355 e. The number of aromatic carboxylic acids is 1. The molecule has 0 unspecified atom stereocenters. The molecule has 2 rings (SSSR count). The molecule has 1 aromatic carbocycles. The summed E-state index contributed by atoms with van der Waals surface area (Å²) in [7, 11) is 0. The quantitative estimate of drug-likeness (QED) is 0.855. The molecule has 0 aliphatic carbocycles. The Hall–Kier alpha value is -1.84. The summed E-state index contributed by atoms with van der Waals surface area (Å²) in [5.41, 5.74) is 2.12. The van der Waals surface area contributed by atoms with Gasteiger partial charge in [0.05, 0.1) is 11.8 Å². The largest absolute Gasteiger partial charge is 0.476 e. The molecule has 4 nitrogen and oxygen atoms in total. The van der Waals surface area contributed by atoms with Crippen LogP contribution >= 0.6 is 23.1 Å². The zero-order valence-corrected chi connectivity index (χ0v) is 11.5. The van der Waals surface area contributed by atoms with Crippen molar-refractivity contribution >= 4 is 29.1 Å². The first-order chi connectivity index (χ1) is 9.20. The molecule has 96 valence electrons. The number of hydrogen-bond donors (Lipinski definition) is 1. The molecule has 0 aliphatic heterocycles. The lowest BCUT2D eigenvalue weighted by Gasteiger charge is -2.00. The van der Waals surface area contributed by atoms with Gasteiger partial charge in [0.25, 0.3) is 0 Å². The molecule has 0 saturated carbocycles. The summed E-state index contributed by atoms with van der Waals surface area (Å²) >= 11 is 2.88. The van der Waals surface area contributed by atoms with E-state index in [-0.39, 0.29) is 5.69 Å². The zero-order chi connectivity index (χ0) is 13.7. The number of benzene rings is 1. The van der Waals surface area contributed by atoms with Crippen molar-refractivity contribution in [1.82, 2.24) is 4.98 Å². The summed E-state index contributed by atoms with van der Waals surface area (Å²) in [4.78, 5) is 14.8. The predicted octanol–water partition coefficient (Wildman–Crippen LogP) is 3.27. The number of hydrogen-bond acceptors (Lipinski definition) is 5. The average molecular weight is 290 g/mol. The van der Waals surface area contributed by atoms with Gasteiger partial charge in [-0.1, -0.05) is 24.3 Å². The Bertz CT molecular complexity index is 614. The molecule has 2 aromatic rings. The normalized spacial score (nSPS) is 10.1. The van der Waals surface area contributed by atoms with E-state index in [0.29, 0.717) is 10.8 Å². The first-order valence-electron chi connectivity index (χ1n) is 5.43. The Morgan fingerprint density at radius 3 is 2.74 bits per heavy atom. The number of thiazole rings is 1. The molecule has 0 atom stereocenters. The van der Waals surface area contributed by atoms with E-state index in [4.69, 9.17) is 10.4 Å². The number of nitrogens with zero attached hydrogens (tertiary/aromatic N) is 2. The predicted molar refractivity (Wildman–Crippen MR) is 76.3 cm³/mol. The average Bonchev–Trinajstić information content (AvgIpc) is 2.90. The van der Waals surface area contributed by atoms with Crippen molar-refractivity contribution in [2.45, 2.75) is 5.75 Å². The van der Waals surface area contributed by atoms with Crippen LogP contribution in [0.25, 0.3) is 10.6 Å². The van der Waals surface area contributed by atoms with Crippen molar-refractivity contribution < 1.29 is 9.90 Å². The minimum atomic E-state index is -1.01. The molecule has 6 heteroatoms. The molecule has 0 aliphatic rings. The maximum Gasteiger partial charge on any atom is 0.355 e. The maximum absolute atomic E-state index is 10.8. The maximum atomic E-state index is 10.8. The molecule has 0 bridgehead atoms. The van der Waals surface area contributed by atoms with Crippen LogP contribution in [0, 0.1) is 11.3 Å². The van der Waals surface area contributed by atoms with Gasteiger partial charge >= 0.3 is 5.97 Å². The summed E-state index contributed by atoms with van der Waals surface area (Å²) in [6.07, 6.45) is 0. The Morgan fingerprint density at radius 1 is 1.42 bits per heavy atom. The lowest BCUT2D eigenvalue weighted by molar-refractivity contribution is 0.0691. The van der Waals surface area contributed by atoms with E-state index in [0.717, 1.165) is 16.9 Å². The van der Waals surface area contributed by atoms with Crippen LogP contribution in [0.5, 0.6) is 0 Å². The summed E-state index contributed by atoms with van der Waals surface area (Å²) in [5, 5.41) is 19.5. The van der Waals surface area contributed by atoms with E-state index in [9.17, 15) is 4.79 Å². The van der Waals surface area contributed by atoms with Crippen molar-refractivity contribution in [2.24, 2.45) is 0 Å². The fourth-order valence-electron chi connectivity index (χ4n) is 1.46. The van der Waals surface area contributed by atoms with Gasteiger partial charge in [-0.05, 0) is 5.56 Å². The Balaban J connectivity index is 2.09. The van der Waals surface area contributed by atoms with Crippen molar-refractivity contribution in [3.05, 3.63) is 40.9 Å². The number of aromatic nitrogens is 1. The van der Waals surface area contributed by atoms with Crippen LogP contribution in [-0.2, 0) is 5.75 Å². The molecule has 1 aromatic heterocycles. The van der Waals surface area contributed by atoms with E-state index in [1.54, 1.807) is 11.8 Å². The molecule has 0 radical (unpaired) electrons. The first-order valence-corrected chi connectivity index (χ1v) is 7.47. The van der Waals surface area contributed by atoms with Gasteiger partial charge in [-0.3, -0.25) is 0 Å². The van der Waals surface area contributed by atoms with E-state index >= 15 is 0 Å². The third-order valence-electron chi connectivity index (χ3n) is 2.36. The van der Waals surface area contributed by atoms with Crippen LogP contribution in [0.4, 0.5) is 0 Å². The van der Waals surface area contributed by atoms with E-state index < -0.39 is 5.97 Å². The zero-order valence-electron chi connectivity index (χ0n) is 9.87. The summed E-state index contributed by atoms with van der Waals surface area (Å²) in [5.74, 6) is 0.273. The van der Waals surface area contributed by atoms with Crippen molar-refractivity contribution in [1.29, 1.82) is 5.26 Å². The fourth-order valence-corrected chi connectivity index (χ4v) is 2.88. The van der Waals surface area contributed by atoms with E-state index in [2.05, 4.69) is 11.1 Å². The highest BCUT2D eigenvalue weighted by Gasteiger charge is 2.09. The topological polar surface area (TPSA) is 74.0 Å². The van der Waals surface area contributed by atoms with Crippen LogP contribution in [0.15, 0.2) is 29.6 Å². The summed E-state index contributed by atoms with van der Waals surface area (Å²) in [6.45, 7) is 0.